The highest BCUT2D eigenvalue weighted by molar-refractivity contribution is 5.85. The number of hydroxylamine groups is 1. The lowest BCUT2D eigenvalue weighted by Gasteiger charge is -2.18. The monoisotopic (exact) mass is 333 g/mol. The first-order valence-electron chi connectivity index (χ1n) is 7.40. The lowest BCUT2D eigenvalue weighted by atomic mass is 10.1. The zero-order valence-electron chi connectivity index (χ0n) is 14.1. The Kier molecular flexibility index (Phi) is 5.41. The predicted octanol–water partition coefficient (Wildman–Crippen LogP) is 4.29. The summed E-state index contributed by atoms with van der Waals surface area (Å²) >= 11 is 0. The molecule has 0 aliphatic rings. The van der Waals surface area contributed by atoms with Gasteiger partial charge < -0.3 is 9.47 Å². The molecule has 0 unspecified atom stereocenters. The van der Waals surface area contributed by atoms with Crippen molar-refractivity contribution in [3.63, 3.8) is 0 Å². The molecule has 0 atom stereocenters. The molecule has 2 aromatic rings. The summed E-state index contributed by atoms with van der Waals surface area (Å²) in [6, 6.07) is 7.90. The van der Waals surface area contributed by atoms with Crippen LogP contribution in [-0.2, 0) is 11.3 Å². The second-order valence-electron chi connectivity index (χ2n) is 5.51. The molecule has 0 fully saturated rings. The summed E-state index contributed by atoms with van der Waals surface area (Å²) in [6.45, 7) is 5.72. The summed E-state index contributed by atoms with van der Waals surface area (Å²) in [6.07, 6.45) is -1.01. The molecule has 128 valence electrons. The number of carbonyl (C=O) groups is 1. The summed E-state index contributed by atoms with van der Waals surface area (Å²) in [4.78, 5) is 11.5. The van der Waals surface area contributed by atoms with Gasteiger partial charge >= 0.3 is 6.09 Å². The topological polar surface area (TPSA) is 59.0 Å². The van der Waals surface area contributed by atoms with E-state index in [1.54, 1.807) is 0 Å². The number of aryl methyl sites for hydroxylation is 3. The van der Waals surface area contributed by atoms with Crippen LogP contribution in [0.25, 0.3) is 0 Å². The molecule has 1 amide bonds. The summed E-state index contributed by atoms with van der Waals surface area (Å²) in [5.41, 5.74) is 3.15. The molecule has 0 saturated carbocycles. The largest absolute Gasteiger partial charge is 0.488 e. The van der Waals surface area contributed by atoms with Gasteiger partial charge in [-0.05, 0) is 55.7 Å². The number of amides is 1. The zero-order chi connectivity index (χ0) is 17.9. The number of rotatable bonds is 4. The average Bonchev–Trinajstić information content (AvgIpc) is 2.56. The Balaban J connectivity index is 2.30. The van der Waals surface area contributed by atoms with Crippen LogP contribution in [0.3, 0.4) is 0 Å². The number of hydrogen-bond acceptors (Lipinski definition) is 4. The van der Waals surface area contributed by atoms with Crippen LogP contribution in [0.4, 0.5) is 14.9 Å². The molecule has 2 rings (SSSR count). The molecule has 0 aliphatic carbocycles. The van der Waals surface area contributed by atoms with Gasteiger partial charge in [0.25, 0.3) is 0 Å². The van der Waals surface area contributed by atoms with Crippen molar-refractivity contribution in [3.05, 3.63) is 58.4 Å². The minimum Gasteiger partial charge on any atom is -0.488 e. The van der Waals surface area contributed by atoms with E-state index in [1.807, 2.05) is 32.9 Å². The third-order valence-corrected chi connectivity index (χ3v) is 3.83. The van der Waals surface area contributed by atoms with Crippen molar-refractivity contribution in [2.45, 2.75) is 27.4 Å². The lowest BCUT2D eigenvalue weighted by Crippen LogP contribution is -2.28. The Morgan fingerprint density at radius 2 is 1.83 bits per heavy atom. The van der Waals surface area contributed by atoms with Crippen molar-refractivity contribution >= 4 is 11.8 Å². The fourth-order valence-corrected chi connectivity index (χ4v) is 2.31. The van der Waals surface area contributed by atoms with Crippen molar-refractivity contribution in [3.8, 4) is 5.75 Å². The fourth-order valence-electron chi connectivity index (χ4n) is 2.31. The van der Waals surface area contributed by atoms with E-state index in [-0.39, 0.29) is 22.9 Å². The maximum absolute atomic E-state index is 14.2. The van der Waals surface area contributed by atoms with Crippen molar-refractivity contribution in [2.24, 2.45) is 0 Å². The number of methoxy groups -OCH3 is 1. The predicted molar refractivity (Wildman–Crippen MR) is 88.1 cm³/mol. The van der Waals surface area contributed by atoms with Crippen LogP contribution in [0.1, 0.15) is 22.3 Å². The van der Waals surface area contributed by atoms with Crippen molar-refractivity contribution in [1.29, 1.82) is 0 Å². The van der Waals surface area contributed by atoms with Gasteiger partial charge in [-0.2, -0.15) is 5.06 Å². The van der Waals surface area contributed by atoms with E-state index in [2.05, 4.69) is 4.74 Å². The van der Waals surface area contributed by atoms with E-state index in [0.717, 1.165) is 23.8 Å². The Morgan fingerprint density at radius 1 is 1.17 bits per heavy atom. The summed E-state index contributed by atoms with van der Waals surface area (Å²) < 4.78 is 24.3. The highest BCUT2D eigenvalue weighted by atomic mass is 19.1. The Morgan fingerprint density at radius 3 is 2.50 bits per heavy atom. The molecular weight excluding hydrogens is 313 g/mol. The smallest absolute Gasteiger partial charge is 0.438 e. The van der Waals surface area contributed by atoms with E-state index in [9.17, 15) is 14.4 Å². The Labute approximate surface area is 140 Å². The first kappa shape index (κ1) is 17.7. The standard InChI is InChI=1S/C18H20FNO4/c1-11-8-13(3)17(9-12(11)2)24-10-14-15(19)6-5-7-16(14)20(22)18(21)23-4/h5-9,22H,10H2,1-4H3. The van der Waals surface area contributed by atoms with Gasteiger partial charge in [-0.3, -0.25) is 5.21 Å². The quantitative estimate of drug-likeness (QED) is 0.670. The SMILES string of the molecule is COC(=O)N(O)c1cccc(F)c1COc1cc(C)c(C)cc1C. The minimum absolute atomic E-state index is 0.0247. The molecule has 0 bridgehead atoms. The molecule has 5 nitrogen and oxygen atoms in total. The molecule has 0 aliphatic heterocycles. The molecule has 0 radical (unpaired) electrons. The zero-order valence-corrected chi connectivity index (χ0v) is 14.1. The lowest BCUT2D eigenvalue weighted by molar-refractivity contribution is 0.140. The van der Waals surface area contributed by atoms with Gasteiger partial charge in [0, 0.05) is 0 Å². The highest BCUT2D eigenvalue weighted by Gasteiger charge is 2.20. The molecule has 6 heteroatoms. The molecule has 0 heterocycles. The van der Waals surface area contributed by atoms with Gasteiger partial charge in [-0.25, -0.2) is 9.18 Å². The molecule has 1 N–H and O–H groups in total. The number of benzene rings is 2. The van der Waals surface area contributed by atoms with Crippen LogP contribution >= 0.6 is 0 Å². The van der Waals surface area contributed by atoms with Gasteiger partial charge in [0.15, 0.2) is 0 Å². The number of anilines is 1. The van der Waals surface area contributed by atoms with Crippen LogP contribution in [0.15, 0.2) is 30.3 Å². The molecule has 2 aromatic carbocycles. The number of carbonyl (C=O) groups excluding carboxylic acids is 1. The number of nitrogens with zero attached hydrogens (tertiary/aromatic N) is 1. The molecule has 0 aromatic heterocycles. The van der Waals surface area contributed by atoms with Gasteiger partial charge in [0.2, 0.25) is 0 Å². The summed E-state index contributed by atoms with van der Waals surface area (Å²) in [5.74, 6) is 0.0341. The number of halogens is 1. The van der Waals surface area contributed by atoms with E-state index in [1.165, 1.54) is 18.2 Å². The first-order valence-corrected chi connectivity index (χ1v) is 7.40. The highest BCUT2D eigenvalue weighted by Crippen LogP contribution is 2.27. The van der Waals surface area contributed by atoms with E-state index in [4.69, 9.17) is 4.74 Å². The van der Waals surface area contributed by atoms with Gasteiger partial charge in [0.1, 0.15) is 18.2 Å². The van der Waals surface area contributed by atoms with E-state index < -0.39 is 11.9 Å². The first-order chi connectivity index (χ1) is 11.3. The van der Waals surface area contributed by atoms with E-state index in [0.29, 0.717) is 5.75 Å². The fraction of sp³-hybridized carbons (Fsp3) is 0.278. The normalized spacial score (nSPS) is 10.4. The number of hydrogen-bond donors (Lipinski definition) is 1. The van der Waals surface area contributed by atoms with Crippen LogP contribution in [0.5, 0.6) is 5.75 Å². The van der Waals surface area contributed by atoms with Crippen molar-refractivity contribution < 1.29 is 23.9 Å². The van der Waals surface area contributed by atoms with Gasteiger partial charge in [-0.1, -0.05) is 12.1 Å². The van der Waals surface area contributed by atoms with Crippen LogP contribution < -0.4 is 9.80 Å². The molecular formula is C18H20FNO4. The number of ether oxygens (including phenoxy) is 2. The van der Waals surface area contributed by atoms with Gasteiger partial charge in [0.05, 0.1) is 18.4 Å². The van der Waals surface area contributed by atoms with Crippen molar-refractivity contribution in [1.82, 2.24) is 0 Å². The third kappa shape index (κ3) is 3.65. The summed E-state index contributed by atoms with van der Waals surface area (Å²) in [7, 11) is 1.12. The molecule has 0 spiro atoms. The van der Waals surface area contributed by atoms with Crippen LogP contribution in [0, 0.1) is 26.6 Å². The van der Waals surface area contributed by atoms with Crippen LogP contribution in [-0.4, -0.2) is 18.4 Å². The third-order valence-electron chi connectivity index (χ3n) is 3.83. The molecule has 0 saturated heterocycles. The van der Waals surface area contributed by atoms with Crippen LogP contribution in [0.2, 0.25) is 0 Å². The Bertz CT molecular complexity index is 761. The van der Waals surface area contributed by atoms with Crippen molar-refractivity contribution in [2.75, 3.05) is 12.2 Å². The second-order valence-corrected chi connectivity index (χ2v) is 5.51. The maximum Gasteiger partial charge on any atom is 0.438 e. The Hall–Kier alpha value is -2.60. The van der Waals surface area contributed by atoms with Gasteiger partial charge in [-0.15, -0.1) is 0 Å². The molecule has 24 heavy (non-hydrogen) atoms. The summed E-state index contributed by atoms with van der Waals surface area (Å²) in [5, 5.41) is 10.1. The van der Waals surface area contributed by atoms with E-state index >= 15 is 0 Å². The minimum atomic E-state index is -1.01. The average molecular weight is 333 g/mol. The maximum atomic E-state index is 14.2. The second kappa shape index (κ2) is 7.31.